The van der Waals surface area contributed by atoms with Gasteiger partial charge in [-0.2, -0.15) is 5.06 Å². The average Bonchev–Trinajstić information content (AvgIpc) is 2.20. The number of piperidine rings is 1. The summed E-state index contributed by atoms with van der Waals surface area (Å²) in [4.78, 5) is 17.0. The Balaban J connectivity index is 2.88. The number of carbonyl (C=O) groups is 1. The minimum atomic E-state index is -0.938. The van der Waals surface area contributed by atoms with E-state index in [0.29, 0.717) is 6.42 Å². The van der Waals surface area contributed by atoms with E-state index in [1.807, 2.05) is 5.06 Å². The molecule has 0 bridgehead atoms. The van der Waals surface area contributed by atoms with Crippen LogP contribution in [-0.4, -0.2) is 33.3 Å². The van der Waals surface area contributed by atoms with Gasteiger partial charge in [-0.1, -0.05) is 6.08 Å². The van der Waals surface area contributed by atoms with Gasteiger partial charge in [-0.3, -0.25) is 4.84 Å². The fourth-order valence-electron chi connectivity index (χ4n) is 2.73. The number of hydrogen-bond donors (Lipinski definition) is 1. The van der Waals surface area contributed by atoms with E-state index in [0.717, 1.165) is 19.3 Å². The molecular formula is C14H25NO3. The monoisotopic (exact) mass is 255 g/mol. The lowest BCUT2D eigenvalue weighted by atomic mass is 9.82. The van der Waals surface area contributed by atoms with E-state index in [-0.39, 0.29) is 11.1 Å². The van der Waals surface area contributed by atoms with E-state index in [4.69, 9.17) is 4.84 Å². The van der Waals surface area contributed by atoms with E-state index >= 15 is 0 Å². The largest absolute Gasteiger partial charge is 0.479 e. The minimum Gasteiger partial charge on any atom is -0.479 e. The number of hydroxylamine groups is 2. The van der Waals surface area contributed by atoms with Crippen LogP contribution in [0, 0.1) is 0 Å². The zero-order chi connectivity index (χ0) is 14.0. The van der Waals surface area contributed by atoms with E-state index in [1.165, 1.54) is 0 Å². The first-order valence-electron chi connectivity index (χ1n) is 6.51. The van der Waals surface area contributed by atoms with Crippen molar-refractivity contribution < 1.29 is 14.7 Å². The van der Waals surface area contributed by atoms with Gasteiger partial charge in [0.05, 0.1) is 0 Å². The van der Waals surface area contributed by atoms with Crippen molar-refractivity contribution >= 4 is 5.97 Å². The third-order valence-electron chi connectivity index (χ3n) is 3.57. The topological polar surface area (TPSA) is 49.8 Å². The maximum Gasteiger partial charge on any atom is 0.335 e. The molecule has 0 aliphatic carbocycles. The van der Waals surface area contributed by atoms with Gasteiger partial charge >= 0.3 is 5.97 Å². The van der Waals surface area contributed by atoms with Crippen molar-refractivity contribution in [2.24, 2.45) is 0 Å². The molecule has 1 aliphatic heterocycles. The molecule has 104 valence electrons. The quantitative estimate of drug-likeness (QED) is 0.767. The molecule has 0 aromatic rings. The molecule has 0 radical (unpaired) electrons. The summed E-state index contributed by atoms with van der Waals surface area (Å²) in [5, 5.41) is 11.1. The van der Waals surface area contributed by atoms with Crippen LogP contribution in [0.25, 0.3) is 0 Å². The number of nitrogens with zero attached hydrogens (tertiary/aromatic N) is 1. The first kappa shape index (κ1) is 15.2. The van der Waals surface area contributed by atoms with Gasteiger partial charge in [-0.05, 0) is 47.0 Å². The van der Waals surface area contributed by atoms with E-state index in [1.54, 1.807) is 6.08 Å². The predicted octanol–water partition coefficient (Wildman–Crippen LogP) is 2.99. The molecule has 0 saturated carbocycles. The molecule has 1 saturated heterocycles. The summed E-state index contributed by atoms with van der Waals surface area (Å²) >= 11 is 0. The highest BCUT2D eigenvalue weighted by Crippen LogP contribution is 2.38. The van der Waals surface area contributed by atoms with Gasteiger partial charge in [0, 0.05) is 17.5 Å². The second-order valence-electron chi connectivity index (χ2n) is 6.23. The smallest absolute Gasteiger partial charge is 0.335 e. The Kier molecular flexibility index (Phi) is 4.56. The standard InChI is InChI=1S/C14H25NO3/c1-6-8-11(12(16)17)18-15-13(2,3)9-7-10-14(15,4)5/h6,11H,1,7-10H2,2-5H3,(H,16,17)/t11-/m0/s1. The summed E-state index contributed by atoms with van der Waals surface area (Å²) in [5.74, 6) is -0.938. The van der Waals surface area contributed by atoms with Gasteiger partial charge < -0.3 is 5.11 Å². The van der Waals surface area contributed by atoms with Crippen LogP contribution < -0.4 is 0 Å². The second kappa shape index (κ2) is 5.41. The molecule has 1 aliphatic rings. The first-order valence-corrected chi connectivity index (χ1v) is 6.51. The highest BCUT2D eigenvalue weighted by Gasteiger charge is 2.44. The number of hydrogen-bond acceptors (Lipinski definition) is 3. The second-order valence-corrected chi connectivity index (χ2v) is 6.23. The van der Waals surface area contributed by atoms with Crippen molar-refractivity contribution in [3.8, 4) is 0 Å². The zero-order valence-electron chi connectivity index (χ0n) is 11.9. The van der Waals surface area contributed by atoms with Crippen molar-refractivity contribution in [3.63, 3.8) is 0 Å². The third-order valence-corrected chi connectivity index (χ3v) is 3.57. The third kappa shape index (κ3) is 3.33. The molecular weight excluding hydrogens is 230 g/mol. The molecule has 18 heavy (non-hydrogen) atoms. The number of aliphatic carboxylic acids is 1. The Hall–Kier alpha value is -0.870. The molecule has 4 nitrogen and oxygen atoms in total. The van der Waals surface area contributed by atoms with Crippen molar-refractivity contribution in [2.75, 3.05) is 0 Å². The average molecular weight is 255 g/mol. The fraction of sp³-hybridized carbons (Fsp3) is 0.786. The van der Waals surface area contributed by atoms with Crippen molar-refractivity contribution in [2.45, 2.75) is 70.6 Å². The maximum atomic E-state index is 11.2. The Labute approximate surface area is 110 Å². The Morgan fingerprint density at radius 3 is 2.28 bits per heavy atom. The first-order chi connectivity index (χ1) is 8.20. The Morgan fingerprint density at radius 1 is 1.39 bits per heavy atom. The lowest BCUT2D eigenvalue weighted by molar-refractivity contribution is -0.301. The molecule has 1 atom stereocenters. The van der Waals surface area contributed by atoms with Gasteiger partial charge in [-0.25, -0.2) is 4.79 Å². The van der Waals surface area contributed by atoms with Crippen molar-refractivity contribution in [3.05, 3.63) is 12.7 Å². The van der Waals surface area contributed by atoms with Gasteiger partial charge in [0.15, 0.2) is 6.10 Å². The molecule has 1 fully saturated rings. The summed E-state index contributed by atoms with van der Waals surface area (Å²) in [6, 6.07) is 0. The molecule has 4 heteroatoms. The van der Waals surface area contributed by atoms with Crippen LogP contribution in [-0.2, 0) is 9.63 Å². The number of carboxylic acid groups (broad SMARTS) is 1. The van der Waals surface area contributed by atoms with E-state index < -0.39 is 12.1 Å². The molecule has 0 amide bonds. The predicted molar refractivity (Wildman–Crippen MR) is 71.2 cm³/mol. The van der Waals surface area contributed by atoms with Gasteiger partial charge in [0.25, 0.3) is 0 Å². The summed E-state index contributed by atoms with van der Waals surface area (Å²) in [6.45, 7) is 12.0. The summed E-state index contributed by atoms with van der Waals surface area (Å²) < 4.78 is 0. The molecule has 0 spiro atoms. The van der Waals surface area contributed by atoms with Crippen molar-refractivity contribution in [1.29, 1.82) is 0 Å². The molecule has 1 heterocycles. The fourth-order valence-corrected chi connectivity index (χ4v) is 2.73. The minimum absolute atomic E-state index is 0.142. The maximum absolute atomic E-state index is 11.2. The van der Waals surface area contributed by atoms with E-state index in [9.17, 15) is 9.90 Å². The van der Waals surface area contributed by atoms with Crippen LogP contribution in [0.3, 0.4) is 0 Å². The van der Waals surface area contributed by atoms with Crippen LogP contribution in [0.5, 0.6) is 0 Å². The molecule has 1 N–H and O–H groups in total. The molecule has 0 unspecified atom stereocenters. The van der Waals surface area contributed by atoms with Crippen LogP contribution in [0.2, 0.25) is 0 Å². The number of carboxylic acids is 1. The normalized spacial score (nSPS) is 24.4. The highest BCUT2D eigenvalue weighted by molar-refractivity contribution is 5.72. The lowest BCUT2D eigenvalue weighted by Gasteiger charge is -2.51. The van der Waals surface area contributed by atoms with Crippen LogP contribution in [0.4, 0.5) is 0 Å². The van der Waals surface area contributed by atoms with Gasteiger partial charge in [0.2, 0.25) is 0 Å². The summed E-state index contributed by atoms with van der Waals surface area (Å²) in [7, 11) is 0. The highest BCUT2D eigenvalue weighted by atomic mass is 16.7. The Morgan fingerprint density at radius 2 is 1.89 bits per heavy atom. The lowest BCUT2D eigenvalue weighted by Crippen LogP contribution is -2.59. The van der Waals surface area contributed by atoms with Gasteiger partial charge in [0.1, 0.15) is 0 Å². The number of rotatable bonds is 5. The van der Waals surface area contributed by atoms with Crippen molar-refractivity contribution in [1.82, 2.24) is 5.06 Å². The SMILES string of the molecule is C=CC[C@H](ON1C(C)(C)CCCC1(C)C)C(=O)O. The molecule has 1 rings (SSSR count). The van der Waals surface area contributed by atoms with E-state index in [2.05, 4.69) is 34.3 Å². The summed E-state index contributed by atoms with van der Waals surface area (Å²) in [5.41, 5.74) is -0.284. The Bertz CT molecular complexity index is 307. The van der Waals surface area contributed by atoms with Crippen LogP contribution in [0.15, 0.2) is 12.7 Å². The van der Waals surface area contributed by atoms with Crippen LogP contribution in [0.1, 0.15) is 53.4 Å². The molecule has 0 aromatic carbocycles. The molecule has 0 aromatic heterocycles. The van der Waals surface area contributed by atoms with Gasteiger partial charge in [-0.15, -0.1) is 6.58 Å². The summed E-state index contributed by atoms with van der Waals surface area (Å²) in [6.07, 6.45) is 4.21. The zero-order valence-corrected chi connectivity index (χ0v) is 11.9. The van der Waals surface area contributed by atoms with Crippen LogP contribution >= 0.6 is 0 Å².